The van der Waals surface area contributed by atoms with E-state index in [9.17, 15) is 0 Å². The van der Waals surface area contributed by atoms with Crippen molar-refractivity contribution in [2.75, 3.05) is 5.32 Å². The molecule has 2 rings (SSSR count). The smallest absolute Gasteiger partial charge is 0.0629 e. The van der Waals surface area contributed by atoms with Crippen LogP contribution in [0.2, 0.25) is 0 Å². The molecule has 0 fully saturated rings. The molecule has 0 saturated carbocycles. The van der Waals surface area contributed by atoms with Crippen LogP contribution in [0.3, 0.4) is 0 Å². The van der Waals surface area contributed by atoms with Gasteiger partial charge in [0.05, 0.1) is 10.7 Å². The zero-order valence-corrected chi connectivity index (χ0v) is 16.5. The van der Waals surface area contributed by atoms with Crippen molar-refractivity contribution in [1.82, 2.24) is 0 Å². The number of aliphatic imine (C=N–C) groups is 1. The van der Waals surface area contributed by atoms with E-state index in [1.807, 2.05) is 73.1 Å². The Morgan fingerprint density at radius 1 is 1.08 bits per heavy atom. The van der Waals surface area contributed by atoms with E-state index in [-0.39, 0.29) is 0 Å². The summed E-state index contributed by atoms with van der Waals surface area (Å²) in [5.74, 6) is 0. The van der Waals surface area contributed by atoms with Crippen LogP contribution in [-0.2, 0) is 0 Å². The zero-order chi connectivity index (χ0) is 17.2. The van der Waals surface area contributed by atoms with Gasteiger partial charge in [-0.1, -0.05) is 61.3 Å². The molecule has 0 heterocycles. The first kappa shape index (κ1) is 18.7. The van der Waals surface area contributed by atoms with Crippen LogP contribution in [0.25, 0.3) is 0 Å². The highest BCUT2D eigenvalue weighted by atomic mass is 127. The fraction of sp³-hybridized carbons (Fsp3) is 0.150. The fourth-order valence-corrected chi connectivity index (χ4v) is 2.76. The summed E-state index contributed by atoms with van der Waals surface area (Å²) in [6.07, 6.45) is 5.70. The number of rotatable bonds is 7. The summed E-state index contributed by atoms with van der Waals surface area (Å²) in [5, 5.41) is 4.00. The van der Waals surface area contributed by atoms with E-state index in [4.69, 9.17) is 11.6 Å². The van der Waals surface area contributed by atoms with E-state index < -0.39 is 0 Å². The molecule has 0 aliphatic carbocycles. The SMILES string of the molecule is CCCC(/C=N/c1ccccc1)=C(Cl)\C(I)=C\Nc1ccccc1. The Hall–Kier alpha value is -1.59. The second-order valence-corrected chi connectivity index (χ2v) is 6.73. The topological polar surface area (TPSA) is 24.4 Å². The standard InChI is InChI=1S/C20H20ClIN2/c1-2-9-16(14-23-17-10-5-3-6-11-17)20(21)19(22)15-24-18-12-7-4-8-13-18/h3-8,10-15,24H,2,9H2,1H3/b19-15-,20-16-,23-14+. The van der Waals surface area contributed by atoms with E-state index in [0.29, 0.717) is 0 Å². The summed E-state index contributed by atoms with van der Waals surface area (Å²) in [7, 11) is 0. The Labute approximate surface area is 162 Å². The van der Waals surface area contributed by atoms with Crippen molar-refractivity contribution in [3.63, 3.8) is 0 Å². The van der Waals surface area contributed by atoms with Crippen molar-refractivity contribution >= 4 is 51.8 Å². The van der Waals surface area contributed by atoms with Gasteiger partial charge in [0.25, 0.3) is 0 Å². The molecular weight excluding hydrogens is 431 g/mol. The predicted octanol–water partition coefficient (Wildman–Crippen LogP) is 7.07. The lowest BCUT2D eigenvalue weighted by Crippen LogP contribution is -1.93. The molecule has 0 unspecified atom stereocenters. The van der Waals surface area contributed by atoms with Crippen LogP contribution < -0.4 is 5.32 Å². The zero-order valence-electron chi connectivity index (χ0n) is 13.5. The van der Waals surface area contributed by atoms with Crippen LogP contribution in [0, 0.1) is 0 Å². The van der Waals surface area contributed by atoms with Crippen molar-refractivity contribution < 1.29 is 0 Å². The van der Waals surface area contributed by atoms with E-state index in [1.54, 1.807) is 0 Å². The van der Waals surface area contributed by atoms with Gasteiger partial charge < -0.3 is 5.32 Å². The van der Waals surface area contributed by atoms with E-state index in [0.717, 1.165) is 38.4 Å². The number of hydrogen-bond donors (Lipinski definition) is 1. The third kappa shape index (κ3) is 6.13. The lowest BCUT2D eigenvalue weighted by Gasteiger charge is -2.06. The molecule has 0 spiro atoms. The number of benzene rings is 2. The minimum atomic E-state index is 0.737. The molecule has 4 heteroatoms. The Kier molecular flexibility index (Phi) is 8.05. The van der Waals surface area contributed by atoms with E-state index in [2.05, 4.69) is 39.8 Å². The monoisotopic (exact) mass is 450 g/mol. The Balaban J connectivity index is 2.17. The van der Waals surface area contributed by atoms with Gasteiger partial charge in [-0.3, -0.25) is 4.99 Å². The van der Waals surface area contributed by atoms with Crippen LogP contribution in [0.15, 0.2) is 86.0 Å². The molecule has 0 aromatic heterocycles. The molecule has 1 N–H and O–H groups in total. The second-order valence-electron chi connectivity index (χ2n) is 5.19. The molecule has 0 atom stereocenters. The average molecular weight is 451 g/mol. The van der Waals surface area contributed by atoms with Crippen LogP contribution in [0.5, 0.6) is 0 Å². The molecule has 0 aliphatic rings. The summed E-state index contributed by atoms with van der Waals surface area (Å²) in [6.45, 7) is 2.14. The molecule has 2 nitrogen and oxygen atoms in total. The quantitative estimate of drug-likeness (QED) is 0.272. The van der Waals surface area contributed by atoms with Crippen molar-refractivity contribution in [2.24, 2.45) is 4.99 Å². The Bertz CT molecular complexity index is 722. The highest BCUT2D eigenvalue weighted by molar-refractivity contribution is 14.1. The molecule has 2 aromatic carbocycles. The van der Waals surface area contributed by atoms with E-state index in [1.165, 1.54) is 0 Å². The number of hydrogen-bond acceptors (Lipinski definition) is 2. The lowest BCUT2D eigenvalue weighted by atomic mass is 10.1. The van der Waals surface area contributed by atoms with Crippen molar-refractivity contribution in [3.8, 4) is 0 Å². The molecular formula is C20H20ClIN2. The predicted molar refractivity (Wildman–Crippen MR) is 115 cm³/mol. The molecule has 0 aliphatic heterocycles. The molecule has 124 valence electrons. The summed E-state index contributed by atoms with van der Waals surface area (Å²) >= 11 is 8.83. The Morgan fingerprint density at radius 3 is 2.33 bits per heavy atom. The first-order valence-electron chi connectivity index (χ1n) is 7.86. The molecule has 0 saturated heterocycles. The van der Waals surface area contributed by atoms with Gasteiger partial charge in [-0.25, -0.2) is 0 Å². The van der Waals surface area contributed by atoms with Crippen molar-refractivity contribution in [2.45, 2.75) is 19.8 Å². The van der Waals surface area contributed by atoms with Gasteiger partial charge in [0.2, 0.25) is 0 Å². The molecule has 2 aromatic rings. The first-order chi connectivity index (χ1) is 11.7. The van der Waals surface area contributed by atoms with Gasteiger partial charge in [-0.15, -0.1) is 0 Å². The maximum atomic E-state index is 6.58. The molecule has 0 radical (unpaired) electrons. The summed E-state index contributed by atoms with van der Waals surface area (Å²) in [4.78, 5) is 4.53. The van der Waals surface area contributed by atoms with Crippen LogP contribution in [0.1, 0.15) is 19.8 Å². The maximum Gasteiger partial charge on any atom is 0.0629 e. The van der Waals surface area contributed by atoms with Crippen LogP contribution in [-0.4, -0.2) is 6.21 Å². The average Bonchev–Trinajstić information content (AvgIpc) is 2.64. The number of anilines is 1. The number of allylic oxidation sites excluding steroid dienone is 3. The third-order valence-electron chi connectivity index (χ3n) is 3.28. The van der Waals surface area contributed by atoms with Crippen molar-refractivity contribution in [3.05, 3.63) is 81.0 Å². The largest absolute Gasteiger partial charge is 0.361 e. The third-order valence-corrected chi connectivity index (χ3v) is 4.89. The van der Waals surface area contributed by atoms with Crippen molar-refractivity contribution in [1.29, 1.82) is 0 Å². The highest BCUT2D eigenvalue weighted by Crippen LogP contribution is 2.27. The van der Waals surface area contributed by atoms with E-state index >= 15 is 0 Å². The molecule has 0 amide bonds. The number of nitrogens with one attached hydrogen (secondary N) is 1. The number of halogens is 2. The van der Waals surface area contributed by atoms with Gasteiger partial charge in [0.15, 0.2) is 0 Å². The normalized spacial score (nSPS) is 13.0. The van der Waals surface area contributed by atoms with Crippen LogP contribution in [0.4, 0.5) is 11.4 Å². The number of para-hydroxylation sites is 2. The van der Waals surface area contributed by atoms with Gasteiger partial charge in [0.1, 0.15) is 0 Å². The summed E-state index contributed by atoms with van der Waals surface area (Å²) < 4.78 is 0.959. The molecule has 24 heavy (non-hydrogen) atoms. The summed E-state index contributed by atoms with van der Waals surface area (Å²) in [6, 6.07) is 19.9. The second kappa shape index (κ2) is 10.3. The van der Waals surface area contributed by atoms with Gasteiger partial charge in [-0.05, 0) is 58.9 Å². The minimum Gasteiger partial charge on any atom is -0.361 e. The lowest BCUT2D eigenvalue weighted by molar-refractivity contribution is 0.937. The first-order valence-corrected chi connectivity index (χ1v) is 9.31. The van der Waals surface area contributed by atoms with Crippen LogP contribution >= 0.6 is 34.2 Å². The van der Waals surface area contributed by atoms with Gasteiger partial charge in [0, 0.05) is 21.7 Å². The van der Waals surface area contributed by atoms with Gasteiger partial charge >= 0.3 is 0 Å². The number of nitrogens with zero attached hydrogens (tertiary/aromatic N) is 1. The Morgan fingerprint density at radius 2 is 1.71 bits per heavy atom. The summed E-state index contributed by atoms with van der Waals surface area (Å²) in [5.41, 5.74) is 3.00. The minimum absolute atomic E-state index is 0.737. The molecule has 0 bridgehead atoms. The maximum absolute atomic E-state index is 6.58. The van der Waals surface area contributed by atoms with Gasteiger partial charge in [-0.2, -0.15) is 0 Å². The highest BCUT2D eigenvalue weighted by Gasteiger charge is 2.06. The fourth-order valence-electron chi connectivity index (χ4n) is 2.06.